The largest absolute Gasteiger partial charge is 0.386 e. The van der Waals surface area contributed by atoms with Gasteiger partial charge < -0.3 is 29.5 Å². The minimum Gasteiger partial charge on any atom is -0.386 e. The van der Waals surface area contributed by atoms with Crippen molar-refractivity contribution in [2.75, 3.05) is 46.3 Å². The number of aromatic nitrogens is 2. The van der Waals surface area contributed by atoms with Crippen molar-refractivity contribution in [2.45, 2.75) is 76.3 Å². The van der Waals surface area contributed by atoms with Crippen LogP contribution in [0.5, 0.6) is 0 Å². The van der Waals surface area contributed by atoms with E-state index in [0.717, 1.165) is 25.1 Å². The number of imidazole rings is 1. The summed E-state index contributed by atoms with van der Waals surface area (Å²) in [6.07, 6.45) is 11.0. The summed E-state index contributed by atoms with van der Waals surface area (Å²) in [6, 6.07) is 5.16. The summed E-state index contributed by atoms with van der Waals surface area (Å²) in [5.41, 5.74) is 2.98. The molecule has 1 aliphatic carbocycles. The number of aryl methyl sites for hydroxylation is 2. The summed E-state index contributed by atoms with van der Waals surface area (Å²) in [4.78, 5) is 40.3. The molecule has 2 fully saturated rings. The molecule has 4 aliphatic rings. The Morgan fingerprint density at radius 3 is 2.71 bits per heavy atom. The van der Waals surface area contributed by atoms with Crippen LogP contribution in [0.25, 0.3) is 0 Å². The van der Waals surface area contributed by atoms with Gasteiger partial charge in [0.1, 0.15) is 17.2 Å². The van der Waals surface area contributed by atoms with E-state index >= 15 is 0 Å². The van der Waals surface area contributed by atoms with E-state index in [1.165, 1.54) is 36.2 Å². The second-order valence-electron chi connectivity index (χ2n) is 13.8. The van der Waals surface area contributed by atoms with Gasteiger partial charge in [0.25, 0.3) is 5.91 Å². The number of allylic oxidation sites excluding steroid dienone is 2. The molecule has 1 aromatic carbocycles. The van der Waals surface area contributed by atoms with Crippen molar-refractivity contribution in [1.29, 1.82) is 0 Å². The number of aliphatic hydroxyl groups is 2. The van der Waals surface area contributed by atoms with E-state index < -0.39 is 23.2 Å². The molecule has 2 aromatic rings. The van der Waals surface area contributed by atoms with Crippen LogP contribution in [0, 0.1) is 6.92 Å². The van der Waals surface area contributed by atoms with E-state index in [0.29, 0.717) is 50.6 Å². The third-order valence-corrected chi connectivity index (χ3v) is 9.95. The Balaban J connectivity index is 1.34. The highest BCUT2D eigenvalue weighted by Crippen LogP contribution is 2.42. The summed E-state index contributed by atoms with van der Waals surface area (Å²) in [5.74, 6) is -0.666. The number of carbonyl (C=O) groups excluding carboxylic acids is 2. The fourth-order valence-corrected chi connectivity index (χ4v) is 7.80. The topological polar surface area (TPSA) is 105 Å². The second kappa shape index (κ2) is 12.2. The lowest BCUT2D eigenvalue weighted by atomic mass is 9.91. The van der Waals surface area contributed by atoms with E-state index in [-0.39, 0.29) is 18.5 Å². The van der Waals surface area contributed by atoms with Crippen LogP contribution in [0.15, 0.2) is 54.1 Å². The SMILES string of the molecule is Cc1cn(CC2(O)CCCN(C(=O)[C@H]3CN([C@H]4C5=C(C=CCN5C)CCc5cc(Cl)ccc54)CCN3C(=O)C(C)(C)O)C2)cn1. The first-order valence-corrected chi connectivity index (χ1v) is 16.4. The number of carbonyl (C=O) groups is 2. The lowest BCUT2D eigenvalue weighted by Crippen LogP contribution is -2.66. The average molecular weight is 637 g/mol. The molecule has 0 bridgehead atoms. The van der Waals surface area contributed by atoms with Gasteiger partial charge in [0.05, 0.1) is 31.2 Å². The summed E-state index contributed by atoms with van der Waals surface area (Å²) in [7, 11) is 2.11. The molecule has 2 N–H and O–H groups in total. The lowest BCUT2D eigenvalue weighted by molar-refractivity contribution is -0.163. The molecule has 6 rings (SSSR count). The lowest BCUT2D eigenvalue weighted by Gasteiger charge is -2.49. The summed E-state index contributed by atoms with van der Waals surface area (Å²) >= 11 is 6.47. The predicted molar refractivity (Wildman–Crippen MR) is 172 cm³/mol. The van der Waals surface area contributed by atoms with Crippen LogP contribution in [-0.2, 0) is 22.6 Å². The first kappa shape index (κ1) is 31.8. The van der Waals surface area contributed by atoms with Gasteiger partial charge in [-0.1, -0.05) is 29.8 Å². The summed E-state index contributed by atoms with van der Waals surface area (Å²) in [6.45, 7) is 7.78. The smallest absolute Gasteiger partial charge is 0.254 e. The van der Waals surface area contributed by atoms with Crippen molar-refractivity contribution in [1.82, 2.24) is 29.2 Å². The molecule has 1 aromatic heterocycles. The Morgan fingerprint density at radius 2 is 1.98 bits per heavy atom. The van der Waals surface area contributed by atoms with Crippen molar-refractivity contribution in [2.24, 2.45) is 0 Å². The van der Waals surface area contributed by atoms with E-state index in [4.69, 9.17) is 11.6 Å². The maximum atomic E-state index is 14.5. The number of likely N-dealkylation sites (N-methyl/N-ethyl adjacent to an activating group) is 1. The number of benzene rings is 1. The van der Waals surface area contributed by atoms with Crippen molar-refractivity contribution in [3.8, 4) is 0 Å². The van der Waals surface area contributed by atoms with Crippen LogP contribution in [0.4, 0.5) is 0 Å². The Morgan fingerprint density at radius 1 is 1.18 bits per heavy atom. The number of likely N-dealkylation sites (tertiary alicyclic amines) is 1. The quantitative estimate of drug-likeness (QED) is 0.520. The van der Waals surface area contributed by atoms with Crippen LogP contribution in [0.3, 0.4) is 0 Å². The van der Waals surface area contributed by atoms with E-state index in [1.54, 1.807) is 16.1 Å². The highest BCUT2D eigenvalue weighted by molar-refractivity contribution is 6.30. The Kier molecular flexibility index (Phi) is 8.62. The molecule has 2 saturated heterocycles. The summed E-state index contributed by atoms with van der Waals surface area (Å²) < 4.78 is 1.87. The van der Waals surface area contributed by atoms with Crippen molar-refractivity contribution >= 4 is 23.4 Å². The first-order chi connectivity index (χ1) is 21.3. The highest BCUT2D eigenvalue weighted by Gasteiger charge is 2.46. The number of halogens is 1. The molecule has 3 atom stereocenters. The van der Waals surface area contributed by atoms with Crippen LogP contribution < -0.4 is 0 Å². The molecule has 3 aliphatic heterocycles. The molecular weight excluding hydrogens is 592 g/mol. The van der Waals surface area contributed by atoms with Crippen LogP contribution in [0.1, 0.15) is 56.0 Å². The van der Waals surface area contributed by atoms with Crippen LogP contribution >= 0.6 is 11.6 Å². The monoisotopic (exact) mass is 636 g/mol. The molecule has 10 nitrogen and oxygen atoms in total. The van der Waals surface area contributed by atoms with Gasteiger partial charge in [-0.25, -0.2) is 4.98 Å². The molecule has 0 saturated carbocycles. The van der Waals surface area contributed by atoms with Crippen LogP contribution in [-0.4, -0.2) is 115 Å². The van der Waals surface area contributed by atoms with E-state index in [1.807, 2.05) is 23.8 Å². The Hall–Kier alpha value is -3.18. The number of fused-ring (bicyclic) bond motifs is 1. The number of amides is 2. The molecule has 242 valence electrons. The van der Waals surface area contributed by atoms with Gasteiger partial charge in [0.15, 0.2) is 0 Å². The molecule has 0 spiro atoms. The minimum absolute atomic E-state index is 0.123. The zero-order chi connectivity index (χ0) is 32.1. The third-order valence-electron chi connectivity index (χ3n) is 9.71. The zero-order valence-electron chi connectivity index (χ0n) is 26.7. The standard InChI is InChI=1S/C34H45ClN6O4/c1-23-18-38(22-36-23)20-34(45)12-6-14-40(21-34)31(42)28-19-39(15-16-41(28)32(43)33(2,3)44)30-27-11-10-26(35)17-25(27)9-8-24-7-5-13-37(4)29(24)30/h5,7,10-11,17-18,22,28,30,44-45H,6,8-9,12-16,19-21H2,1-4H3/t28-,30-,34?/m1/s1. The number of piperazine rings is 1. The van der Waals surface area contributed by atoms with E-state index in [2.05, 4.69) is 46.1 Å². The summed E-state index contributed by atoms with van der Waals surface area (Å²) in [5, 5.41) is 23.1. The number of β-amino-alcohol motifs (C(OH)–C–C–N with tert-alkyl or cyclic N) is 1. The number of piperidine rings is 1. The van der Waals surface area contributed by atoms with Crippen LogP contribution in [0.2, 0.25) is 5.02 Å². The van der Waals surface area contributed by atoms with Gasteiger partial charge in [0, 0.05) is 56.7 Å². The normalized spacial score (nSPS) is 26.1. The van der Waals surface area contributed by atoms with Crippen molar-refractivity contribution in [3.05, 3.63) is 76.0 Å². The van der Waals surface area contributed by atoms with Gasteiger partial charge in [-0.15, -0.1) is 0 Å². The van der Waals surface area contributed by atoms with E-state index in [9.17, 15) is 19.8 Å². The third kappa shape index (κ3) is 6.43. The fourth-order valence-electron chi connectivity index (χ4n) is 7.60. The van der Waals surface area contributed by atoms with Gasteiger partial charge in [-0.3, -0.25) is 14.5 Å². The number of rotatable bonds is 5. The molecule has 4 heterocycles. The Labute approximate surface area is 270 Å². The highest BCUT2D eigenvalue weighted by atomic mass is 35.5. The van der Waals surface area contributed by atoms with Gasteiger partial charge in [-0.05, 0) is 75.3 Å². The fraction of sp³-hybridized carbons (Fsp3) is 0.559. The molecule has 2 amide bonds. The number of hydrogen-bond donors (Lipinski definition) is 2. The van der Waals surface area contributed by atoms with Gasteiger partial charge in [-0.2, -0.15) is 0 Å². The molecule has 0 radical (unpaired) electrons. The second-order valence-corrected chi connectivity index (χ2v) is 14.2. The molecule has 1 unspecified atom stereocenters. The molecule has 45 heavy (non-hydrogen) atoms. The first-order valence-electron chi connectivity index (χ1n) is 16.0. The number of hydrogen-bond acceptors (Lipinski definition) is 7. The van der Waals surface area contributed by atoms with Gasteiger partial charge in [0.2, 0.25) is 5.91 Å². The van der Waals surface area contributed by atoms with Crippen molar-refractivity contribution < 1.29 is 19.8 Å². The molecule has 11 heteroatoms. The predicted octanol–water partition coefficient (Wildman–Crippen LogP) is 2.93. The average Bonchev–Trinajstić information content (AvgIpc) is 3.31. The Bertz CT molecular complexity index is 1530. The maximum absolute atomic E-state index is 14.5. The maximum Gasteiger partial charge on any atom is 0.254 e. The number of nitrogens with zero attached hydrogens (tertiary/aromatic N) is 6. The minimum atomic E-state index is -1.63. The van der Waals surface area contributed by atoms with Crippen molar-refractivity contribution in [3.63, 3.8) is 0 Å². The molecular formula is C34H45ClN6O4. The zero-order valence-corrected chi connectivity index (χ0v) is 27.5. The van der Waals surface area contributed by atoms with Gasteiger partial charge >= 0.3 is 0 Å².